The van der Waals surface area contributed by atoms with Gasteiger partial charge in [-0.15, -0.1) is 0 Å². The zero-order chi connectivity index (χ0) is 21.5. The van der Waals surface area contributed by atoms with Crippen molar-refractivity contribution in [3.63, 3.8) is 0 Å². The van der Waals surface area contributed by atoms with E-state index in [0.717, 1.165) is 44.1 Å². The number of pyridine rings is 1. The Balaban J connectivity index is 1.62. The topological polar surface area (TPSA) is 73.4 Å². The number of methoxy groups -OCH3 is 3. The predicted molar refractivity (Wildman–Crippen MR) is 114 cm³/mol. The number of hydrogen-bond donors (Lipinski definition) is 0. The summed E-state index contributed by atoms with van der Waals surface area (Å²) in [6.07, 6.45) is 1.58. The molecule has 0 radical (unpaired) electrons. The highest BCUT2D eigenvalue weighted by molar-refractivity contribution is 5.89. The molecule has 0 atom stereocenters. The summed E-state index contributed by atoms with van der Waals surface area (Å²) in [5, 5.41) is 0. The molecule has 1 aromatic carbocycles. The van der Waals surface area contributed by atoms with Crippen LogP contribution in [-0.2, 0) is 11.3 Å². The molecule has 162 valence electrons. The molecule has 0 N–H and O–H groups in total. The van der Waals surface area contributed by atoms with Crippen LogP contribution in [0.15, 0.2) is 30.5 Å². The molecule has 1 aliphatic heterocycles. The Morgan fingerprint density at radius 1 is 0.967 bits per heavy atom. The quantitative estimate of drug-likeness (QED) is 0.609. The van der Waals surface area contributed by atoms with Crippen LogP contribution in [0.1, 0.15) is 22.8 Å². The van der Waals surface area contributed by atoms with Crippen molar-refractivity contribution in [3.05, 3.63) is 41.6 Å². The maximum Gasteiger partial charge on any atom is 0.339 e. The van der Waals surface area contributed by atoms with Gasteiger partial charge in [-0.1, -0.05) is 6.07 Å². The molecule has 3 rings (SSSR count). The van der Waals surface area contributed by atoms with Gasteiger partial charge < -0.3 is 23.8 Å². The molecule has 1 aromatic heterocycles. The summed E-state index contributed by atoms with van der Waals surface area (Å²) in [6.45, 7) is 6.37. The summed E-state index contributed by atoms with van der Waals surface area (Å²) >= 11 is 0. The van der Waals surface area contributed by atoms with Crippen molar-refractivity contribution in [3.8, 4) is 17.2 Å². The fraction of sp³-hybridized carbons (Fsp3) is 0.455. The molecule has 0 bridgehead atoms. The molecule has 0 spiro atoms. The van der Waals surface area contributed by atoms with Gasteiger partial charge in [0.1, 0.15) is 5.82 Å². The minimum atomic E-state index is -0.342. The molecular weight excluding hydrogens is 386 g/mol. The smallest absolute Gasteiger partial charge is 0.339 e. The Labute approximate surface area is 177 Å². The fourth-order valence-corrected chi connectivity index (χ4v) is 3.57. The van der Waals surface area contributed by atoms with E-state index in [1.54, 1.807) is 40.5 Å². The second kappa shape index (κ2) is 10.2. The van der Waals surface area contributed by atoms with E-state index in [2.05, 4.69) is 14.8 Å². The number of aromatic nitrogens is 1. The van der Waals surface area contributed by atoms with Gasteiger partial charge in [-0.3, -0.25) is 4.90 Å². The van der Waals surface area contributed by atoms with Crippen LogP contribution >= 0.6 is 0 Å². The van der Waals surface area contributed by atoms with E-state index in [0.29, 0.717) is 29.4 Å². The van der Waals surface area contributed by atoms with Gasteiger partial charge in [0, 0.05) is 44.5 Å². The number of ether oxygens (including phenoxy) is 4. The molecule has 1 saturated heterocycles. The number of benzene rings is 1. The Kier molecular flexibility index (Phi) is 7.35. The minimum absolute atomic E-state index is 0.342. The summed E-state index contributed by atoms with van der Waals surface area (Å²) in [7, 11) is 4.87. The zero-order valence-electron chi connectivity index (χ0n) is 18.0. The summed E-state index contributed by atoms with van der Waals surface area (Å²) in [6, 6.07) is 7.56. The molecule has 30 heavy (non-hydrogen) atoms. The van der Waals surface area contributed by atoms with E-state index >= 15 is 0 Å². The lowest BCUT2D eigenvalue weighted by molar-refractivity contribution is 0.0526. The Morgan fingerprint density at radius 3 is 2.27 bits per heavy atom. The van der Waals surface area contributed by atoms with Crippen LogP contribution in [0.5, 0.6) is 17.2 Å². The highest BCUT2D eigenvalue weighted by atomic mass is 16.5. The van der Waals surface area contributed by atoms with Crippen LogP contribution in [-0.4, -0.2) is 70.0 Å². The number of nitrogens with zero attached hydrogens (tertiary/aromatic N) is 3. The van der Waals surface area contributed by atoms with Crippen molar-refractivity contribution >= 4 is 11.8 Å². The van der Waals surface area contributed by atoms with Crippen LogP contribution in [0.4, 0.5) is 5.82 Å². The molecule has 0 unspecified atom stereocenters. The first kappa shape index (κ1) is 21.7. The van der Waals surface area contributed by atoms with Crippen molar-refractivity contribution < 1.29 is 23.7 Å². The molecule has 1 aliphatic rings. The average Bonchev–Trinajstić information content (AvgIpc) is 2.79. The molecule has 1 fully saturated rings. The van der Waals surface area contributed by atoms with Crippen molar-refractivity contribution in [2.45, 2.75) is 13.5 Å². The van der Waals surface area contributed by atoms with E-state index in [1.165, 1.54) is 0 Å². The maximum atomic E-state index is 11.8. The van der Waals surface area contributed by atoms with Crippen LogP contribution in [0.2, 0.25) is 0 Å². The minimum Gasteiger partial charge on any atom is -0.493 e. The molecule has 8 nitrogen and oxygen atoms in total. The normalized spacial score (nSPS) is 14.3. The number of rotatable bonds is 8. The molecule has 8 heteroatoms. The Hall–Kier alpha value is -3.00. The van der Waals surface area contributed by atoms with E-state index in [4.69, 9.17) is 18.9 Å². The van der Waals surface area contributed by atoms with E-state index < -0.39 is 0 Å². The van der Waals surface area contributed by atoms with Gasteiger partial charge in [-0.25, -0.2) is 9.78 Å². The number of hydrogen-bond acceptors (Lipinski definition) is 8. The highest BCUT2D eigenvalue weighted by Crippen LogP contribution is 2.40. The van der Waals surface area contributed by atoms with Gasteiger partial charge >= 0.3 is 5.97 Å². The van der Waals surface area contributed by atoms with Crippen molar-refractivity contribution in [2.75, 3.05) is 59.0 Å². The molecular formula is C22H29N3O5. The highest BCUT2D eigenvalue weighted by Gasteiger charge is 2.22. The number of piperazine rings is 1. The number of carbonyl (C=O) groups excluding carboxylic acids is 1. The van der Waals surface area contributed by atoms with Gasteiger partial charge in [0.2, 0.25) is 5.75 Å². The second-order valence-electron chi connectivity index (χ2n) is 6.88. The fourth-order valence-electron chi connectivity index (χ4n) is 3.57. The lowest BCUT2D eigenvalue weighted by Gasteiger charge is -2.35. The standard InChI is InChI=1S/C22H29N3O5/c1-5-30-22(26)16-7-9-19(23-14-16)25-12-10-24(11-13-25)15-17-6-8-18(27-2)21(29-4)20(17)28-3/h6-9,14H,5,10-13,15H2,1-4H3. The van der Waals surface area contributed by atoms with Gasteiger partial charge in [0.15, 0.2) is 11.5 Å². The maximum absolute atomic E-state index is 11.8. The van der Waals surface area contributed by atoms with Gasteiger partial charge in [0.25, 0.3) is 0 Å². The van der Waals surface area contributed by atoms with Crippen LogP contribution in [0.25, 0.3) is 0 Å². The van der Waals surface area contributed by atoms with E-state index in [-0.39, 0.29) is 5.97 Å². The van der Waals surface area contributed by atoms with Crippen LogP contribution < -0.4 is 19.1 Å². The third kappa shape index (κ3) is 4.76. The molecule has 2 heterocycles. The Morgan fingerprint density at radius 2 is 1.70 bits per heavy atom. The van der Waals surface area contributed by atoms with Gasteiger partial charge in [-0.2, -0.15) is 0 Å². The molecule has 0 amide bonds. The first-order valence-electron chi connectivity index (χ1n) is 9.99. The van der Waals surface area contributed by atoms with Crippen molar-refractivity contribution in [1.29, 1.82) is 0 Å². The predicted octanol–water partition coefficient (Wildman–Crippen LogP) is 2.61. The van der Waals surface area contributed by atoms with Crippen molar-refractivity contribution in [1.82, 2.24) is 9.88 Å². The number of anilines is 1. The van der Waals surface area contributed by atoms with Crippen LogP contribution in [0, 0.1) is 0 Å². The van der Waals surface area contributed by atoms with Gasteiger partial charge in [0.05, 0.1) is 33.5 Å². The summed E-state index contributed by atoms with van der Waals surface area (Å²) in [4.78, 5) is 20.8. The van der Waals surface area contributed by atoms with E-state index in [1.807, 2.05) is 18.2 Å². The molecule has 2 aromatic rings. The summed E-state index contributed by atoms with van der Waals surface area (Å²) < 4.78 is 21.5. The lowest BCUT2D eigenvalue weighted by Crippen LogP contribution is -2.46. The average molecular weight is 415 g/mol. The first-order valence-corrected chi connectivity index (χ1v) is 9.99. The monoisotopic (exact) mass is 415 g/mol. The van der Waals surface area contributed by atoms with Gasteiger partial charge in [-0.05, 0) is 25.1 Å². The zero-order valence-corrected chi connectivity index (χ0v) is 18.0. The first-order chi connectivity index (χ1) is 14.6. The molecule has 0 saturated carbocycles. The third-order valence-corrected chi connectivity index (χ3v) is 5.13. The number of esters is 1. The van der Waals surface area contributed by atoms with Crippen LogP contribution in [0.3, 0.4) is 0 Å². The lowest BCUT2D eigenvalue weighted by atomic mass is 10.1. The largest absolute Gasteiger partial charge is 0.493 e. The summed E-state index contributed by atoms with van der Waals surface area (Å²) in [5.74, 6) is 2.49. The summed E-state index contributed by atoms with van der Waals surface area (Å²) in [5.41, 5.74) is 1.53. The molecule has 0 aliphatic carbocycles. The van der Waals surface area contributed by atoms with Crippen molar-refractivity contribution in [2.24, 2.45) is 0 Å². The third-order valence-electron chi connectivity index (χ3n) is 5.13. The SMILES string of the molecule is CCOC(=O)c1ccc(N2CCN(Cc3ccc(OC)c(OC)c3OC)CC2)nc1. The Bertz CT molecular complexity index is 849. The second-order valence-corrected chi connectivity index (χ2v) is 6.88. The number of carbonyl (C=O) groups is 1. The van der Waals surface area contributed by atoms with E-state index in [9.17, 15) is 4.79 Å².